The summed E-state index contributed by atoms with van der Waals surface area (Å²) in [6, 6.07) is 16.5. The predicted octanol–water partition coefficient (Wildman–Crippen LogP) is 3.24. The molecule has 1 fully saturated rings. The molecule has 1 saturated heterocycles. The van der Waals surface area contributed by atoms with Crippen molar-refractivity contribution in [2.24, 2.45) is 0 Å². The quantitative estimate of drug-likeness (QED) is 0.428. The van der Waals surface area contributed by atoms with Crippen LogP contribution in [-0.4, -0.2) is 23.8 Å². The molecule has 0 radical (unpaired) electrons. The lowest BCUT2D eigenvalue weighted by molar-refractivity contribution is -0.222. The first kappa shape index (κ1) is 20.9. The number of carbonyl (C=O) groups excluding carboxylic acids is 3. The largest absolute Gasteiger partial charge is 0.445 e. The summed E-state index contributed by atoms with van der Waals surface area (Å²) in [6.07, 6.45) is 0.733. The van der Waals surface area contributed by atoms with E-state index in [0.717, 1.165) is 11.1 Å². The fraction of sp³-hybridized carbons (Fsp3) is 0.227. The van der Waals surface area contributed by atoms with Gasteiger partial charge in [-0.3, -0.25) is 0 Å². The van der Waals surface area contributed by atoms with Crippen LogP contribution in [0, 0.1) is 0 Å². The number of anilines is 1. The molecular weight excluding hydrogens is 388 g/mol. The topological polar surface area (TPSA) is 103 Å². The maximum atomic E-state index is 11.9. The Hall–Kier alpha value is -3.81. The van der Waals surface area contributed by atoms with Gasteiger partial charge in [0.15, 0.2) is 5.57 Å². The lowest BCUT2D eigenvalue weighted by atomic mass is 10.2. The molecule has 30 heavy (non-hydrogen) atoms. The molecule has 1 aliphatic heterocycles. The van der Waals surface area contributed by atoms with Crippen molar-refractivity contribution in [3.05, 3.63) is 77.5 Å². The minimum absolute atomic E-state index is 0.201. The Labute approximate surface area is 173 Å². The standard InChI is InChI=1S/C22H22N2O6/c1-22(2)29-19(25)18(20(26)30-22)13-23-17-10-8-15(9-11-17)12-24-21(27)28-14-16-6-4-3-5-7-16/h3-11,13,23H,12,14H2,1-2H3,(H,24,27). The third-order valence-electron chi connectivity index (χ3n) is 4.10. The second kappa shape index (κ2) is 9.13. The van der Waals surface area contributed by atoms with Gasteiger partial charge in [-0.1, -0.05) is 42.5 Å². The van der Waals surface area contributed by atoms with Crippen LogP contribution in [0.1, 0.15) is 25.0 Å². The highest BCUT2D eigenvalue weighted by molar-refractivity contribution is 6.15. The summed E-state index contributed by atoms with van der Waals surface area (Å²) in [7, 11) is 0. The fourth-order valence-corrected chi connectivity index (χ4v) is 2.60. The first-order valence-electron chi connectivity index (χ1n) is 9.29. The molecule has 1 amide bonds. The highest BCUT2D eigenvalue weighted by Crippen LogP contribution is 2.22. The van der Waals surface area contributed by atoms with Gasteiger partial charge < -0.3 is 24.8 Å². The minimum Gasteiger partial charge on any atom is -0.445 e. The van der Waals surface area contributed by atoms with E-state index in [-0.39, 0.29) is 12.2 Å². The molecule has 0 atom stereocenters. The first-order chi connectivity index (χ1) is 14.3. The van der Waals surface area contributed by atoms with E-state index in [2.05, 4.69) is 10.6 Å². The summed E-state index contributed by atoms with van der Waals surface area (Å²) in [5.41, 5.74) is 2.18. The molecule has 1 aliphatic rings. The molecular formula is C22H22N2O6. The van der Waals surface area contributed by atoms with Gasteiger partial charge >= 0.3 is 18.0 Å². The van der Waals surface area contributed by atoms with Gasteiger partial charge in [0.2, 0.25) is 0 Å². The number of rotatable bonds is 6. The number of carbonyl (C=O) groups is 3. The molecule has 8 nitrogen and oxygen atoms in total. The molecule has 3 rings (SSSR count). The van der Waals surface area contributed by atoms with Crippen LogP contribution in [0.5, 0.6) is 0 Å². The average Bonchev–Trinajstić information content (AvgIpc) is 2.71. The SMILES string of the molecule is CC1(C)OC(=O)C(=CNc2ccc(CNC(=O)OCc3ccccc3)cc2)C(=O)O1. The van der Waals surface area contributed by atoms with Crippen LogP contribution in [0.15, 0.2) is 66.4 Å². The number of amides is 1. The van der Waals surface area contributed by atoms with E-state index >= 15 is 0 Å². The Morgan fingerprint density at radius 3 is 2.23 bits per heavy atom. The number of hydrogen-bond acceptors (Lipinski definition) is 7. The second-order valence-corrected chi connectivity index (χ2v) is 6.99. The van der Waals surface area contributed by atoms with E-state index in [4.69, 9.17) is 14.2 Å². The fourth-order valence-electron chi connectivity index (χ4n) is 2.60. The minimum atomic E-state index is -1.28. The summed E-state index contributed by atoms with van der Waals surface area (Å²) in [4.78, 5) is 35.6. The van der Waals surface area contributed by atoms with Crippen molar-refractivity contribution in [3.63, 3.8) is 0 Å². The highest BCUT2D eigenvalue weighted by Gasteiger charge is 2.38. The molecule has 0 saturated carbocycles. The summed E-state index contributed by atoms with van der Waals surface area (Å²) >= 11 is 0. The van der Waals surface area contributed by atoms with Crippen molar-refractivity contribution in [2.45, 2.75) is 32.8 Å². The zero-order valence-corrected chi connectivity index (χ0v) is 16.6. The zero-order chi connectivity index (χ0) is 21.6. The van der Waals surface area contributed by atoms with Gasteiger partial charge in [-0.05, 0) is 23.3 Å². The van der Waals surface area contributed by atoms with Gasteiger partial charge in [0.05, 0.1) is 0 Å². The van der Waals surface area contributed by atoms with Gasteiger partial charge in [0.25, 0.3) is 5.79 Å². The Kier molecular flexibility index (Phi) is 6.36. The normalized spacial score (nSPS) is 14.9. The van der Waals surface area contributed by atoms with Crippen LogP contribution in [0.3, 0.4) is 0 Å². The summed E-state index contributed by atoms with van der Waals surface area (Å²) < 4.78 is 15.2. The van der Waals surface area contributed by atoms with E-state index in [1.165, 1.54) is 20.0 Å². The van der Waals surface area contributed by atoms with E-state index in [0.29, 0.717) is 12.2 Å². The van der Waals surface area contributed by atoms with Crippen molar-refractivity contribution < 1.29 is 28.6 Å². The van der Waals surface area contributed by atoms with Crippen LogP contribution in [0.2, 0.25) is 0 Å². The third-order valence-corrected chi connectivity index (χ3v) is 4.10. The van der Waals surface area contributed by atoms with E-state index < -0.39 is 23.8 Å². The number of ether oxygens (including phenoxy) is 3. The number of benzene rings is 2. The number of alkyl carbamates (subject to hydrolysis) is 1. The number of esters is 2. The number of cyclic esters (lactones) is 2. The maximum absolute atomic E-state index is 11.9. The Balaban J connectivity index is 1.47. The van der Waals surface area contributed by atoms with Crippen molar-refractivity contribution >= 4 is 23.7 Å². The van der Waals surface area contributed by atoms with Crippen LogP contribution < -0.4 is 10.6 Å². The summed E-state index contributed by atoms with van der Waals surface area (Å²) in [5.74, 6) is -2.78. The molecule has 156 valence electrons. The van der Waals surface area contributed by atoms with E-state index in [9.17, 15) is 14.4 Å². The molecule has 0 unspecified atom stereocenters. The van der Waals surface area contributed by atoms with Gasteiger partial charge in [0.1, 0.15) is 6.61 Å². The van der Waals surface area contributed by atoms with Crippen molar-refractivity contribution in [1.29, 1.82) is 0 Å². The smallest absolute Gasteiger partial charge is 0.407 e. The number of hydrogen-bond donors (Lipinski definition) is 2. The van der Waals surface area contributed by atoms with E-state index in [1.54, 1.807) is 24.3 Å². The first-order valence-corrected chi connectivity index (χ1v) is 9.29. The van der Waals surface area contributed by atoms with Gasteiger partial charge in [-0.25, -0.2) is 14.4 Å². The van der Waals surface area contributed by atoms with E-state index in [1.807, 2.05) is 30.3 Å². The second-order valence-electron chi connectivity index (χ2n) is 6.99. The summed E-state index contributed by atoms with van der Waals surface area (Å²) in [5, 5.41) is 5.53. The monoisotopic (exact) mass is 410 g/mol. The van der Waals surface area contributed by atoms with Crippen LogP contribution >= 0.6 is 0 Å². The van der Waals surface area contributed by atoms with Crippen LogP contribution in [0.25, 0.3) is 0 Å². The zero-order valence-electron chi connectivity index (χ0n) is 16.6. The number of nitrogens with one attached hydrogen (secondary N) is 2. The Bertz CT molecular complexity index is 929. The molecule has 0 spiro atoms. The lowest BCUT2D eigenvalue weighted by Gasteiger charge is -2.29. The van der Waals surface area contributed by atoms with Crippen molar-refractivity contribution in [1.82, 2.24) is 5.32 Å². The molecule has 1 heterocycles. The van der Waals surface area contributed by atoms with Gasteiger partial charge in [0, 0.05) is 32.3 Å². The summed E-state index contributed by atoms with van der Waals surface area (Å²) in [6.45, 7) is 3.46. The molecule has 8 heteroatoms. The van der Waals surface area contributed by atoms with Crippen molar-refractivity contribution in [3.8, 4) is 0 Å². The predicted molar refractivity (Wildman–Crippen MR) is 108 cm³/mol. The molecule has 2 N–H and O–H groups in total. The van der Waals surface area contributed by atoms with Gasteiger partial charge in [-0.2, -0.15) is 0 Å². The Morgan fingerprint density at radius 2 is 1.60 bits per heavy atom. The van der Waals surface area contributed by atoms with Gasteiger partial charge in [-0.15, -0.1) is 0 Å². The third kappa shape index (κ3) is 5.84. The van der Waals surface area contributed by atoms with Crippen LogP contribution in [0.4, 0.5) is 10.5 Å². The highest BCUT2D eigenvalue weighted by atomic mass is 16.7. The Morgan fingerprint density at radius 1 is 0.967 bits per heavy atom. The molecule has 0 bridgehead atoms. The molecule has 0 aliphatic carbocycles. The molecule has 2 aromatic carbocycles. The molecule has 2 aromatic rings. The lowest BCUT2D eigenvalue weighted by Crippen LogP contribution is -2.42. The van der Waals surface area contributed by atoms with Crippen LogP contribution in [-0.2, 0) is 37.0 Å². The average molecular weight is 410 g/mol. The van der Waals surface area contributed by atoms with Crippen molar-refractivity contribution in [2.75, 3.05) is 5.32 Å². The maximum Gasteiger partial charge on any atom is 0.407 e. The molecule has 0 aromatic heterocycles.